The summed E-state index contributed by atoms with van der Waals surface area (Å²) in [5.74, 6) is 0.590. The van der Waals surface area contributed by atoms with Crippen LogP contribution in [-0.2, 0) is 9.53 Å². The van der Waals surface area contributed by atoms with Crippen molar-refractivity contribution >= 4 is 27.9 Å². The molecule has 0 aliphatic carbocycles. The maximum atomic E-state index is 12.7. The molecular weight excluding hydrogens is 428 g/mol. The molecule has 1 atom stereocenters. The van der Waals surface area contributed by atoms with Crippen LogP contribution in [-0.4, -0.2) is 31.8 Å². The molecular formula is C20H27BrN2O5. The summed E-state index contributed by atoms with van der Waals surface area (Å²) in [6.07, 6.45) is 0. The van der Waals surface area contributed by atoms with Crippen molar-refractivity contribution in [2.75, 3.05) is 19.8 Å². The fourth-order valence-electron chi connectivity index (χ4n) is 3.03. The van der Waals surface area contributed by atoms with Crippen molar-refractivity contribution in [2.24, 2.45) is 5.92 Å². The molecule has 1 aliphatic heterocycles. The predicted octanol–water partition coefficient (Wildman–Crippen LogP) is 4.07. The molecule has 8 heteroatoms. The van der Waals surface area contributed by atoms with Gasteiger partial charge in [0, 0.05) is 5.70 Å². The molecule has 1 aromatic rings. The highest BCUT2D eigenvalue weighted by Gasteiger charge is 2.35. The first-order valence-electron chi connectivity index (χ1n) is 9.41. The van der Waals surface area contributed by atoms with Crippen LogP contribution in [0.1, 0.15) is 46.2 Å². The molecule has 154 valence electrons. The molecule has 1 heterocycles. The normalized spacial score (nSPS) is 16.5. The van der Waals surface area contributed by atoms with E-state index in [1.165, 1.54) is 0 Å². The minimum absolute atomic E-state index is 0.0644. The van der Waals surface area contributed by atoms with Gasteiger partial charge in [0.15, 0.2) is 11.5 Å². The number of urea groups is 1. The molecule has 0 saturated carbocycles. The Morgan fingerprint density at radius 3 is 2.39 bits per heavy atom. The average molecular weight is 455 g/mol. The van der Waals surface area contributed by atoms with Crippen LogP contribution in [0.2, 0.25) is 0 Å². The number of hydrogen-bond acceptors (Lipinski definition) is 5. The first-order valence-corrected chi connectivity index (χ1v) is 10.2. The second kappa shape index (κ2) is 9.82. The van der Waals surface area contributed by atoms with Crippen molar-refractivity contribution in [2.45, 2.75) is 40.7 Å². The van der Waals surface area contributed by atoms with Gasteiger partial charge in [0.05, 0.1) is 35.9 Å². The van der Waals surface area contributed by atoms with Crippen molar-refractivity contribution in [3.63, 3.8) is 0 Å². The second-order valence-electron chi connectivity index (χ2n) is 6.43. The summed E-state index contributed by atoms with van der Waals surface area (Å²) in [5, 5.41) is 5.58. The van der Waals surface area contributed by atoms with E-state index in [-0.39, 0.29) is 18.6 Å². The van der Waals surface area contributed by atoms with E-state index >= 15 is 0 Å². The van der Waals surface area contributed by atoms with E-state index in [9.17, 15) is 9.59 Å². The first-order chi connectivity index (χ1) is 13.3. The number of rotatable bonds is 8. The van der Waals surface area contributed by atoms with Gasteiger partial charge in [-0.05, 0) is 60.3 Å². The SMILES string of the molecule is CCOC(=O)C1=C(C(C)C)NC(=O)NC1c1cc(Br)c(OCC)c(OCC)c1. The van der Waals surface area contributed by atoms with Gasteiger partial charge >= 0.3 is 12.0 Å². The summed E-state index contributed by atoms with van der Waals surface area (Å²) in [6, 6.07) is 2.56. The van der Waals surface area contributed by atoms with Crippen LogP contribution in [0.4, 0.5) is 4.79 Å². The maximum absolute atomic E-state index is 12.7. The van der Waals surface area contributed by atoms with Crippen LogP contribution >= 0.6 is 15.9 Å². The van der Waals surface area contributed by atoms with Gasteiger partial charge in [0.1, 0.15) is 0 Å². The van der Waals surface area contributed by atoms with Gasteiger partial charge in [-0.1, -0.05) is 13.8 Å². The van der Waals surface area contributed by atoms with Crippen molar-refractivity contribution in [3.05, 3.63) is 33.4 Å². The summed E-state index contributed by atoms with van der Waals surface area (Å²) in [6.45, 7) is 10.5. The average Bonchev–Trinajstić information content (AvgIpc) is 2.63. The van der Waals surface area contributed by atoms with Crippen molar-refractivity contribution in [1.29, 1.82) is 0 Å². The number of esters is 1. The van der Waals surface area contributed by atoms with Gasteiger partial charge in [0.25, 0.3) is 0 Å². The summed E-state index contributed by atoms with van der Waals surface area (Å²) in [5.41, 5.74) is 1.62. The Hall–Kier alpha value is -2.22. The molecule has 0 radical (unpaired) electrons. The highest BCUT2D eigenvalue weighted by molar-refractivity contribution is 9.10. The van der Waals surface area contributed by atoms with E-state index in [1.807, 2.05) is 33.8 Å². The van der Waals surface area contributed by atoms with Gasteiger partial charge in [-0.25, -0.2) is 9.59 Å². The Labute approximate surface area is 173 Å². The fourth-order valence-corrected chi connectivity index (χ4v) is 3.60. The Morgan fingerprint density at radius 2 is 1.82 bits per heavy atom. The molecule has 1 unspecified atom stereocenters. The largest absolute Gasteiger partial charge is 0.490 e. The summed E-state index contributed by atoms with van der Waals surface area (Å²) in [7, 11) is 0. The van der Waals surface area contributed by atoms with E-state index in [1.54, 1.807) is 13.0 Å². The lowest BCUT2D eigenvalue weighted by atomic mass is 9.91. The smallest absolute Gasteiger partial charge is 0.338 e. The lowest BCUT2D eigenvalue weighted by Gasteiger charge is -2.31. The standard InChI is InChI=1S/C20H27BrN2O5/c1-6-26-14-10-12(9-13(21)18(14)27-7-2)17-15(19(24)28-8-3)16(11(4)5)22-20(25)23-17/h9-11,17H,6-8H2,1-5H3,(H2,22,23,25). The Bertz CT molecular complexity index is 776. The summed E-state index contributed by atoms with van der Waals surface area (Å²) < 4.78 is 17.4. The highest BCUT2D eigenvalue weighted by Crippen LogP contribution is 2.41. The Balaban J connectivity index is 2.63. The third kappa shape index (κ3) is 4.79. The molecule has 28 heavy (non-hydrogen) atoms. The van der Waals surface area contributed by atoms with Crippen LogP contribution in [0.15, 0.2) is 27.9 Å². The van der Waals surface area contributed by atoms with Gasteiger partial charge in [-0.3, -0.25) is 0 Å². The minimum Gasteiger partial charge on any atom is -0.490 e. The Morgan fingerprint density at radius 1 is 1.14 bits per heavy atom. The third-order valence-corrected chi connectivity index (χ3v) is 4.72. The van der Waals surface area contributed by atoms with Gasteiger partial charge in [0.2, 0.25) is 0 Å². The maximum Gasteiger partial charge on any atom is 0.338 e. The van der Waals surface area contributed by atoms with E-state index in [0.29, 0.717) is 46.0 Å². The summed E-state index contributed by atoms with van der Waals surface area (Å²) in [4.78, 5) is 25.0. The van der Waals surface area contributed by atoms with Crippen LogP contribution in [0.5, 0.6) is 11.5 Å². The van der Waals surface area contributed by atoms with E-state index in [4.69, 9.17) is 14.2 Å². The molecule has 0 spiro atoms. The minimum atomic E-state index is -0.670. The van der Waals surface area contributed by atoms with Crippen molar-refractivity contribution in [3.8, 4) is 11.5 Å². The van der Waals surface area contributed by atoms with E-state index < -0.39 is 12.0 Å². The van der Waals surface area contributed by atoms with Crippen LogP contribution < -0.4 is 20.1 Å². The number of allylic oxidation sites excluding steroid dienone is 1. The topological polar surface area (TPSA) is 85.9 Å². The zero-order chi connectivity index (χ0) is 20.8. The lowest BCUT2D eigenvalue weighted by molar-refractivity contribution is -0.139. The number of carbonyl (C=O) groups is 2. The zero-order valence-electron chi connectivity index (χ0n) is 16.8. The number of carbonyl (C=O) groups excluding carboxylic acids is 2. The zero-order valence-corrected chi connectivity index (χ0v) is 18.4. The van der Waals surface area contributed by atoms with Crippen LogP contribution in [0, 0.1) is 5.92 Å². The molecule has 7 nitrogen and oxygen atoms in total. The Kier molecular flexibility index (Phi) is 7.74. The van der Waals surface area contributed by atoms with Crippen LogP contribution in [0.3, 0.4) is 0 Å². The fraction of sp³-hybridized carbons (Fsp3) is 0.500. The molecule has 1 aliphatic rings. The van der Waals surface area contributed by atoms with Crippen LogP contribution in [0.25, 0.3) is 0 Å². The molecule has 0 bridgehead atoms. The predicted molar refractivity (Wildman–Crippen MR) is 109 cm³/mol. The number of benzene rings is 1. The molecule has 0 fully saturated rings. The van der Waals surface area contributed by atoms with Gasteiger partial charge in [-0.2, -0.15) is 0 Å². The number of nitrogens with one attached hydrogen (secondary N) is 2. The highest BCUT2D eigenvalue weighted by atomic mass is 79.9. The molecule has 2 N–H and O–H groups in total. The molecule has 0 saturated heterocycles. The van der Waals surface area contributed by atoms with E-state index in [0.717, 1.165) is 0 Å². The van der Waals surface area contributed by atoms with Gasteiger partial charge in [-0.15, -0.1) is 0 Å². The first kappa shape index (κ1) is 22.1. The quantitative estimate of drug-likeness (QED) is 0.578. The molecule has 0 aromatic heterocycles. The summed E-state index contributed by atoms with van der Waals surface area (Å²) >= 11 is 3.52. The van der Waals surface area contributed by atoms with Gasteiger partial charge < -0.3 is 24.8 Å². The number of ether oxygens (including phenoxy) is 3. The van der Waals surface area contributed by atoms with Crippen molar-refractivity contribution < 1.29 is 23.8 Å². The molecule has 1 aromatic carbocycles. The molecule has 2 amide bonds. The van der Waals surface area contributed by atoms with Crippen molar-refractivity contribution in [1.82, 2.24) is 10.6 Å². The van der Waals surface area contributed by atoms with E-state index in [2.05, 4.69) is 26.6 Å². The number of amides is 2. The lowest BCUT2D eigenvalue weighted by Crippen LogP contribution is -2.47. The second-order valence-corrected chi connectivity index (χ2v) is 7.28. The number of halogens is 1. The monoisotopic (exact) mass is 454 g/mol. The third-order valence-electron chi connectivity index (χ3n) is 4.13. The number of hydrogen-bond donors (Lipinski definition) is 2. The molecule has 2 rings (SSSR count).